The zero-order valence-electron chi connectivity index (χ0n) is 14.1. The molecule has 0 aromatic heterocycles. The van der Waals surface area contributed by atoms with Crippen LogP contribution in [0.2, 0.25) is 0 Å². The molecule has 4 heteroatoms. The summed E-state index contributed by atoms with van der Waals surface area (Å²) in [5.41, 5.74) is 0.818. The van der Waals surface area contributed by atoms with E-state index in [1.807, 2.05) is 54.4 Å². The third kappa shape index (κ3) is 4.19. The summed E-state index contributed by atoms with van der Waals surface area (Å²) < 4.78 is 0. The molecule has 0 unspecified atom stereocenters. The second-order valence-corrected chi connectivity index (χ2v) is 7.32. The normalized spacial score (nSPS) is 15.5. The first kappa shape index (κ1) is 17.1. The molecule has 1 N–H and O–H groups in total. The summed E-state index contributed by atoms with van der Waals surface area (Å²) >= 11 is 1.66. The first-order valence-corrected chi connectivity index (χ1v) is 9.35. The van der Waals surface area contributed by atoms with Crippen molar-refractivity contribution in [3.05, 3.63) is 60.2 Å². The molecule has 0 aliphatic carbocycles. The maximum Gasteiger partial charge on any atom is 0.255 e. The Bertz CT molecular complexity index is 666. The Morgan fingerprint density at radius 2 is 1.75 bits per heavy atom. The average Bonchev–Trinajstić information content (AvgIpc) is 2.63. The number of rotatable bonds is 5. The van der Waals surface area contributed by atoms with Crippen molar-refractivity contribution in [3.63, 3.8) is 0 Å². The van der Waals surface area contributed by atoms with Gasteiger partial charge in [0.2, 0.25) is 0 Å². The summed E-state index contributed by atoms with van der Waals surface area (Å²) in [6.07, 6.45) is 2.17. The summed E-state index contributed by atoms with van der Waals surface area (Å²) in [6.45, 7) is 2.76. The van der Waals surface area contributed by atoms with Crippen LogP contribution in [0.15, 0.2) is 64.4 Å². The zero-order valence-corrected chi connectivity index (χ0v) is 14.9. The van der Waals surface area contributed by atoms with Crippen molar-refractivity contribution >= 4 is 17.7 Å². The third-order valence-corrected chi connectivity index (χ3v) is 5.57. The molecule has 126 valence electrons. The number of nitrogens with zero attached hydrogens (tertiary/aromatic N) is 1. The molecule has 0 radical (unpaired) electrons. The van der Waals surface area contributed by atoms with Crippen LogP contribution >= 0.6 is 11.8 Å². The number of carbonyl (C=O) groups excluding carboxylic acids is 1. The number of nitrogens with one attached hydrogen (secondary N) is 1. The van der Waals surface area contributed by atoms with E-state index in [-0.39, 0.29) is 5.91 Å². The molecule has 1 heterocycles. The molecule has 1 saturated heterocycles. The molecule has 3 rings (SSSR count). The van der Waals surface area contributed by atoms with Crippen molar-refractivity contribution in [1.29, 1.82) is 0 Å². The van der Waals surface area contributed by atoms with Crippen molar-refractivity contribution in [3.8, 4) is 0 Å². The largest absolute Gasteiger partial charge is 0.339 e. The Morgan fingerprint density at radius 3 is 2.46 bits per heavy atom. The van der Waals surface area contributed by atoms with Gasteiger partial charge in [-0.2, -0.15) is 0 Å². The van der Waals surface area contributed by atoms with Crippen molar-refractivity contribution in [2.45, 2.75) is 22.6 Å². The minimum Gasteiger partial charge on any atom is -0.339 e. The van der Waals surface area contributed by atoms with Crippen LogP contribution in [-0.4, -0.2) is 37.5 Å². The van der Waals surface area contributed by atoms with Gasteiger partial charge in [0.1, 0.15) is 0 Å². The first-order valence-electron chi connectivity index (χ1n) is 8.53. The number of hydrogen-bond acceptors (Lipinski definition) is 3. The monoisotopic (exact) mass is 340 g/mol. The molecule has 2 aromatic rings. The summed E-state index contributed by atoms with van der Waals surface area (Å²) in [5, 5.41) is 3.24. The molecule has 0 saturated carbocycles. The summed E-state index contributed by atoms with van der Waals surface area (Å²) in [5.74, 6) is 0.852. The van der Waals surface area contributed by atoms with Gasteiger partial charge in [-0.15, -0.1) is 0 Å². The maximum absolute atomic E-state index is 13.0. The minimum atomic E-state index is 0.164. The van der Waals surface area contributed by atoms with Crippen molar-refractivity contribution < 1.29 is 4.79 Å². The molecule has 0 spiro atoms. The second kappa shape index (κ2) is 8.36. The van der Waals surface area contributed by atoms with Crippen LogP contribution in [0.3, 0.4) is 0 Å². The molecule has 2 aromatic carbocycles. The molecule has 1 amide bonds. The van der Waals surface area contributed by atoms with Crippen LogP contribution in [0.1, 0.15) is 23.2 Å². The number of amides is 1. The van der Waals surface area contributed by atoms with Gasteiger partial charge in [-0.05, 0) is 56.6 Å². The van der Waals surface area contributed by atoms with E-state index >= 15 is 0 Å². The Morgan fingerprint density at radius 1 is 1.08 bits per heavy atom. The van der Waals surface area contributed by atoms with E-state index in [9.17, 15) is 4.79 Å². The Balaban J connectivity index is 1.71. The highest BCUT2D eigenvalue weighted by Gasteiger charge is 2.24. The summed E-state index contributed by atoms with van der Waals surface area (Å²) in [7, 11) is 1.99. The lowest BCUT2D eigenvalue weighted by atomic mass is 9.96. The van der Waals surface area contributed by atoms with Crippen LogP contribution in [0.25, 0.3) is 0 Å². The highest BCUT2D eigenvalue weighted by atomic mass is 32.2. The third-order valence-electron chi connectivity index (χ3n) is 4.48. The Labute approximate surface area is 148 Å². The fourth-order valence-corrected chi connectivity index (χ4v) is 4.11. The number of hydrogen-bond donors (Lipinski definition) is 1. The smallest absolute Gasteiger partial charge is 0.255 e. The van der Waals surface area contributed by atoms with E-state index in [4.69, 9.17) is 0 Å². The standard InChI is InChI=1S/C20H24N2OS/c1-21-15-16-11-13-22(14-12-16)20(23)18-9-5-6-10-19(18)24-17-7-3-2-4-8-17/h2-10,16,21H,11-15H2,1H3. The topological polar surface area (TPSA) is 32.3 Å². The molecule has 1 fully saturated rings. The highest BCUT2D eigenvalue weighted by molar-refractivity contribution is 7.99. The van der Waals surface area contributed by atoms with Gasteiger partial charge in [0, 0.05) is 22.9 Å². The van der Waals surface area contributed by atoms with Gasteiger partial charge in [0.15, 0.2) is 0 Å². The summed E-state index contributed by atoms with van der Waals surface area (Å²) in [4.78, 5) is 17.2. The maximum atomic E-state index is 13.0. The number of benzene rings is 2. The molecule has 0 atom stereocenters. The fraction of sp³-hybridized carbons (Fsp3) is 0.350. The van der Waals surface area contributed by atoms with Crippen molar-refractivity contribution in [2.24, 2.45) is 5.92 Å². The lowest BCUT2D eigenvalue weighted by Gasteiger charge is -2.32. The molecule has 3 nitrogen and oxygen atoms in total. The van der Waals surface area contributed by atoms with E-state index in [0.29, 0.717) is 5.92 Å². The van der Waals surface area contributed by atoms with Gasteiger partial charge < -0.3 is 10.2 Å². The van der Waals surface area contributed by atoms with Crippen molar-refractivity contribution in [2.75, 3.05) is 26.7 Å². The van der Waals surface area contributed by atoms with Gasteiger partial charge in [-0.25, -0.2) is 0 Å². The van der Waals surface area contributed by atoms with E-state index in [1.54, 1.807) is 11.8 Å². The van der Waals surface area contributed by atoms with Crippen molar-refractivity contribution in [1.82, 2.24) is 10.2 Å². The van der Waals surface area contributed by atoms with E-state index in [0.717, 1.165) is 47.8 Å². The first-order chi connectivity index (χ1) is 11.8. The van der Waals surface area contributed by atoms with Gasteiger partial charge >= 0.3 is 0 Å². The SMILES string of the molecule is CNCC1CCN(C(=O)c2ccccc2Sc2ccccc2)CC1. The number of piperidine rings is 1. The zero-order chi connectivity index (χ0) is 16.8. The Hall–Kier alpha value is -1.78. The Kier molecular flexibility index (Phi) is 5.94. The van der Waals surface area contributed by atoms with Gasteiger partial charge in [0.25, 0.3) is 5.91 Å². The summed E-state index contributed by atoms with van der Waals surface area (Å²) in [6, 6.07) is 18.2. The van der Waals surface area contributed by atoms with Crippen LogP contribution < -0.4 is 5.32 Å². The molecule has 1 aliphatic heterocycles. The van der Waals surface area contributed by atoms with Crippen LogP contribution in [0.5, 0.6) is 0 Å². The second-order valence-electron chi connectivity index (χ2n) is 6.20. The lowest BCUT2D eigenvalue weighted by molar-refractivity contribution is 0.0687. The lowest BCUT2D eigenvalue weighted by Crippen LogP contribution is -2.40. The highest BCUT2D eigenvalue weighted by Crippen LogP contribution is 2.31. The predicted molar refractivity (Wildman–Crippen MR) is 99.6 cm³/mol. The van der Waals surface area contributed by atoms with E-state index < -0.39 is 0 Å². The van der Waals surface area contributed by atoms with E-state index in [1.165, 1.54) is 0 Å². The van der Waals surface area contributed by atoms with Crippen LogP contribution in [-0.2, 0) is 0 Å². The van der Waals surface area contributed by atoms with E-state index in [2.05, 4.69) is 17.4 Å². The molecule has 24 heavy (non-hydrogen) atoms. The molecular weight excluding hydrogens is 316 g/mol. The fourth-order valence-electron chi connectivity index (χ4n) is 3.15. The molecular formula is C20H24N2OS. The number of likely N-dealkylation sites (tertiary alicyclic amines) is 1. The quantitative estimate of drug-likeness (QED) is 0.896. The van der Waals surface area contributed by atoms with Crippen LogP contribution in [0, 0.1) is 5.92 Å². The minimum absolute atomic E-state index is 0.164. The average molecular weight is 340 g/mol. The molecule has 0 bridgehead atoms. The predicted octanol–water partition coefficient (Wildman–Crippen LogP) is 3.91. The van der Waals surface area contributed by atoms with Gasteiger partial charge in [-0.1, -0.05) is 42.1 Å². The van der Waals surface area contributed by atoms with Gasteiger partial charge in [0.05, 0.1) is 5.56 Å². The van der Waals surface area contributed by atoms with Crippen LogP contribution in [0.4, 0.5) is 0 Å². The molecule has 1 aliphatic rings. The number of carbonyl (C=O) groups is 1. The van der Waals surface area contributed by atoms with Gasteiger partial charge in [-0.3, -0.25) is 4.79 Å².